The van der Waals surface area contributed by atoms with Crippen LogP contribution in [0.3, 0.4) is 0 Å². The first-order chi connectivity index (χ1) is 8.81. The van der Waals surface area contributed by atoms with E-state index in [1.54, 1.807) is 6.20 Å². The van der Waals surface area contributed by atoms with Gasteiger partial charge in [-0.05, 0) is 24.3 Å². The molecule has 0 N–H and O–H groups in total. The van der Waals surface area contributed by atoms with Crippen molar-refractivity contribution < 1.29 is 0 Å². The Bertz CT molecular complexity index is 703. The van der Waals surface area contributed by atoms with Crippen LogP contribution >= 0.6 is 11.6 Å². The Morgan fingerprint density at radius 3 is 2.78 bits per heavy atom. The third-order valence-corrected chi connectivity index (χ3v) is 3.21. The van der Waals surface area contributed by atoms with E-state index in [1.165, 1.54) is 0 Å². The van der Waals surface area contributed by atoms with Crippen molar-refractivity contribution in [2.75, 3.05) is 0 Å². The number of pyridine rings is 1. The fourth-order valence-electron chi connectivity index (χ4n) is 2.08. The Morgan fingerprint density at radius 1 is 1.17 bits per heavy atom. The summed E-state index contributed by atoms with van der Waals surface area (Å²) in [5.74, 6) is 0.969. The van der Waals surface area contributed by atoms with Crippen LogP contribution in [0.15, 0.2) is 42.6 Å². The van der Waals surface area contributed by atoms with Gasteiger partial charge in [0.1, 0.15) is 11.3 Å². The molecule has 2 heterocycles. The number of hydrogen-bond acceptors (Lipinski definition) is 2. The lowest BCUT2D eigenvalue weighted by atomic mass is 10.3. The summed E-state index contributed by atoms with van der Waals surface area (Å²) in [6.07, 6.45) is 2.61. The number of imidazole rings is 1. The molecule has 0 unspecified atom stereocenters. The molecule has 0 aliphatic heterocycles. The van der Waals surface area contributed by atoms with Crippen molar-refractivity contribution >= 4 is 22.8 Å². The molecule has 0 bridgehead atoms. The molecular formula is C14H12ClN3. The number of aromatic nitrogens is 3. The molecule has 18 heavy (non-hydrogen) atoms. The Hall–Kier alpha value is -1.87. The third-order valence-electron chi connectivity index (χ3n) is 2.90. The fourth-order valence-corrected chi connectivity index (χ4v) is 2.30. The second kappa shape index (κ2) is 4.42. The number of halogens is 1. The summed E-state index contributed by atoms with van der Waals surface area (Å²) in [7, 11) is 0. The Labute approximate surface area is 110 Å². The van der Waals surface area contributed by atoms with Crippen LogP contribution in [0.25, 0.3) is 16.9 Å². The van der Waals surface area contributed by atoms with Gasteiger partial charge in [0.05, 0.1) is 10.7 Å². The van der Waals surface area contributed by atoms with Gasteiger partial charge in [-0.15, -0.1) is 0 Å². The molecule has 0 aliphatic carbocycles. The smallest absolute Gasteiger partial charge is 0.164 e. The number of para-hydroxylation sites is 1. The molecule has 0 spiro atoms. The predicted molar refractivity (Wildman–Crippen MR) is 73.3 cm³/mol. The van der Waals surface area contributed by atoms with Crippen LogP contribution in [0.4, 0.5) is 0 Å². The zero-order chi connectivity index (χ0) is 12.5. The zero-order valence-corrected chi connectivity index (χ0v) is 10.7. The topological polar surface area (TPSA) is 30.7 Å². The van der Waals surface area contributed by atoms with Crippen LogP contribution in [0, 0.1) is 0 Å². The molecule has 3 rings (SSSR count). The first kappa shape index (κ1) is 11.2. The van der Waals surface area contributed by atoms with Crippen LogP contribution in [0.5, 0.6) is 0 Å². The summed E-state index contributed by atoms with van der Waals surface area (Å²) in [5.41, 5.74) is 2.67. The normalized spacial score (nSPS) is 11.0. The van der Waals surface area contributed by atoms with Crippen LogP contribution in [0.2, 0.25) is 5.02 Å². The lowest BCUT2D eigenvalue weighted by molar-refractivity contribution is 0.901. The van der Waals surface area contributed by atoms with Crippen molar-refractivity contribution in [1.82, 2.24) is 14.5 Å². The van der Waals surface area contributed by atoms with Crippen molar-refractivity contribution in [2.24, 2.45) is 0 Å². The number of benzene rings is 1. The standard InChI is InChI=1S/C14H12ClN3/c1-2-13-17-11-7-5-9-16-14(11)18(13)12-8-4-3-6-10(12)15/h3-9H,2H2,1H3. The maximum absolute atomic E-state index is 6.27. The maximum Gasteiger partial charge on any atom is 0.164 e. The third kappa shape index (κ3) is 1.68. The molecule has 3 nitrogen and oxygen atoms in total. The first-order valence-corrected chi connectivity index (χ1v) is 6.26. The summed E-state index contributed by atoms with van der Waals surface area (Å²) in [4.78, 5) is 9.00. The molecule has 4 heteroatoms. The molecule has 0 radical (unpaired) electrons. The molecule has 0 saturated heterocycles. The van der Waals surface area contributed by atoms with Crippen molar-refractivity contribution in [3.8, 4) is 5.69 Å². The molecule has 0 atom stereocenters. The highest BCUT2D eigenvalue weighted by molar-refractivity contribution is 6.32. The van der Waals surface area contributed by atoms with Crippen LogP contribution in [-0.2, 0) is 6.42 Å². The number of hydrogen-bond donors (Lipinski definition) is 0. The van der Waals surface area contributed by atoms with Gasteiger partial charge in [-0.25, -0.2) is 9.97 Å². The molecule has 90 valence electrons. The van der Waals surface area contributed by atoms with E-state index in [1.807, 2.05) is 41.0 Å². The van der Waals surface area contributed by atoms with E-state index in [0.29, 0.717) is 5.02 Å². The van der Waals surface area contributed by atoms with Crippen LogP contribution in [0.1, 0.15) is 12.7 Å². The van der Waals surface area contributed by atoms with E-state index < -0.39 is 0 Å². The fraction of sp³-hybridized carbons (Fsp3) is 0.143. The minimum Gasteiger partial charge on any atom is -0.279 e. The van der Waals surface area contributed by atoms with Gasteiger partial charge in [-0.2, -0.15) is 0 Å². The second-order valence-corrected chi connectivity index (χ2v) is 4.42. The molecule has 2 aromatic heterocycles. The summed E-state index contributed by atoms with van der Waals surface area (Å²) >= 11 is 6.27. The van der Waals surface area contributed by atoms with E-state index in [9.17, 15) is 0 Å². The lowest BCUT2D eigenvalue weighted by Gasteiger charge is -2.08. The summed E-state index contributed by atoms with van der Waals surface area (Å²) < 4.78 is 2.03. The van der Waals surface area contributed by atoms with Gasteiger partial charge in [0, 0.05) is 12.6 Å². The monoisotopic (exact) mass is 257 g/mol. The van der Waals surface area contributed by atoms with Crippen molar-refractivity contribution in [3.05, 3.63) is 53.4 Å². The molecular weight excluding hydrogens is 246 g/mol. The highest BCUT2D eigenvalue weighted by Gasteiger charge is 2.13. The van der Waals surface area contributed by atoms with Gasteiger partial charge in [-0.3, -0.25) is 4.57 Å². The van der Waals surface area contributed by atoms with E-state index in [-0.39, 0.29) is 0 Å². The van der Waals surface area contributed by atoms with E-state index >= 15 is 0 Å². The Morgan fingerprint density at radius 2 is 2.00 bits per heavy atom. The minimum atomic E-state index is 0.706. The molecule has 3 aromatic rings. The molecule has 0 aliphatic rings. The number of rotatable bonds is 2. The van der Waals surface area contributed by atoms with Gasteiger partial charge >= 0.3 is 0 Å². The molecule has 1 aromatic carbocycles. The SMILES string of the molecule is CCc1nc2cccnc2n1-c1ccccc1Cl. The zero-order valence-electron chi connectivity index (χ0n) is 9.97. The van der Waals surface area contributed by atoms with Crippen molar-refractivity contribution in [2.45, 2.75) is 13.3 Å². The highest BCUT2D eigenvalue weighted by atomic mass is 35.5. The molecule has 0 amide bonds. The lowest BCUT2D eigenvalue weighted by Crippen LogP contribution is -2.01. The van der Waals surface area contributed by atoms with E-state index in [4.69, 9.17) is 11.6 Å². The van der Waals surface area contributed by atoms with E-state index in [2.05, 4.69) is 16.9 Å². The molecule has 0 saturated carbocycles. The Balaban J connectivity index is 2.37. The summed E-state index contributed by atoms with van der Waals surface area (Å²) in [6, 6.07) is 11.6. The van der Waals surface area contributed by atoms with Crippen molar-refractivity contribution in [3.63, 3.8) is 0 Å². The van der Waals surface area contributed by atoms with E-state index in [0.717, 1.165) is 29.1 Å². The van der Waals surface area contributed by atoms with Crippen molar-refractivity contribution in [1.29, 1.82) is 0 Å². The number of fused-ring (bicyclic) bond motifs is 1. The maximum atomic E-state index is 6.27. The average Bonchev–Trinajstić information content (AvgIpc) is 2.78. The Kier molecular flexibility index (Phi) is 2.76. The van der Waals surface area contributed by atoms with Gasteiger partial charge < -0.3 is 0 Å². The second-order valence-electron chi connectivity index (χ2n) is 4.01. The quantitative estimate of drug-likeness (QED) is 0.702. The van der Waals surface area contributed by atoms with Gasteiger partial charge in [0.2, 0.25) is 0 Å². The predicted octanol–water partition coefficient (Wildman–Crippen LogP) is 3.64. The summed E-state index contributed by atoms with van der Waals surface area (Å²) in [6.45, 7) is 2.08. The average molecular weight is 258 g/mol. The van der Waals surface area contributed by atoms with Gasteiger partial charge in [0.25, 0.3) is 0 Å². The highest BCUT2D eigenvalue weighted by Crippen LogP contribution is 2.25. The van der Waals surface area contributed by atoms with Crippen LogP contribution < -0.4 is 0 Å². The van der Waals surface area contributed by atoms with Crippen LogP contribution in [-0.4, -0.2) is 14.5 Å². The first-order valence-electron chi connectivity index (χ1n) is 5.88. The minimum absolute atomic E-state index is 0.706. The molecule has 0 fully saturated rings. The number of nitrogens with zero attached hydrogens (tertiary/aromatic N) is 3. The number of aryl methyl sites for hydroxylation is 1. The largest absolute Gasteiger partial charge is 0.279 e. The summed E-state index contributed by atoms with van der Waals surface area (Å²) in [5, 5.41) is 0.706. The van der Waals surface area contributed by atoms with Gasteiger partial charge in [0.15, 0.2) is 5.65 Å². The van der Waals surface area contributed by atoms with Gasteiger partial charge in [-0.1, -0.05) is 30.7 Å².